The summed E-state index contributed by atoms with van der Waals surface area (Å²) >= 11 is 7.50. The van der Waals surface area contributed by atoms with Crippen LogP contribution in [0.2, 0.25) is 5.02 Å². The Morgan fingerprint density at radius 2 is 1.84 bits per heavy atom. The van der Waals surface area contributed by atoms with Crippen LogP contribution in [0.25, 0.3) is 0 Å². The molecule has 0 aliphatic carbocycles. The summed E-state index contributed by atoms with van der Waals surface area (Å²) in [5, 5.41) is 3.60. The van der Waals surface area contributed by atoms with Crippen molar-refractivity contribution in [2.45, 2.75) is 19.6 Å². The largest absolute Gasteiger partial charge is 0.490 e. The highest BCUT2D eigenvalue weighted by atomic mass is 35.5. The Bertz CT molecular complexity index is 709. The average molecular weight is 380 g/mol. The fourth-order valence-electron chi connectivity index (χ4n) is 2.21. The molecule has 0 spiro atoms. The SMILES string of the molecule is CCOc1ccc(NC(=O)CSCc2cccc(Cl)c2)cc1OCC. The number of rotatable bonds is 9. The van der Waals surface area contributed by atoms with E-state index in [1.165, 1.54) is 0 Å². The molecule has 0 aliphatic heterocycles. The number of nitrogens with one attached hydrogen (secondary N) is 1. The summed E-state index contributed by atoms with van der Waals surface area (Å²) in [6.07, 6.45) is 0. The summed E-state index contributed by atoms with van der Waals surface area (Å²) in [6.45, 7) is 4.93. The molecule has 2 aromatic rings. The predicted molar refractivity (Wildman–Crippen MR) is 105 cm³/mol. The summed E-state index contributed by atoms with van der Waals surface area (Å²) in [5.74, 6) is 2.36. The number of hydrogen-bond acceptors (Lipinski definition) is 4. The third kappa shape index (κ3) is 6.52. The van der Waals surface area contributed by atoms with Crippen molar-refractivity contribution in [2.75, 3.05) is 24.3 Å². The Morgan fingerprint density at radius 3 is 2.56 bits per heavy atom. The van der Waals surface area contributed by atoms with Gasteiger partial charge in [0.1, 0.15) is 0 Å². The number of hydrogen-bond donors (Lipinski definition) is 1. The van der Waals surface area contributed by atoms with Crippen molar-refractivity contribution in [3.63, 3.8) is 0 Å². The van der Waals surface area contributed by atoms with E-state index in [-0.39, 0.29) is 5.91 Å². The van der Waals surface area contributed by atoms with Gasteiger partial charge in [0.2, 0.25) is 5.91 Å². The van der Waals surface area contributed by atoms with Gasteiger partial charge in [0, 0.05) is 22.5 Å². The van der Waals surface area contributed by atoms with Gasteiger partial charge in [0.15, 0.2) is 11.5 Å². The molecular formula is C19H22ClNO3S. The van der Waals surface area contributed by atoms with Gasteiger partial charge in [-0.25, -0.2) is 0 Å². The molecule has 2 rings (SSSR count). The van der Waals surface area contributed by atoms with E-state index in [0.29, 0.717) is 41.2 Å². The van der Waals surface area contributed by atoms with E-state index >= 15 is 0 Å². The maximum atomic E-state index is 12.1. The number of carbonyl (C=O) groups excluding carboxylic acids is 1. The zero-order valence-corrected chi connectivity index (χ0v) is 16.0. The average Bonchev–Trinajstić information content (AvgIpc) is 2.58. The highest BCUT2D eigenvalue weighted by Crippen LogP contribution is 2.30. The molecule has 25 heavy (non-hydrogen) atoms. The first-order valence-corrected chi connectivity index (χ1v) is 9.67. The zero-order chi connectivity index (χ0) is 18.1. The molecule has 6 heteroatoms. The Hall–Kier alpha value is -1.85. The normalized spacial score (nSPS) is 10.4. The Labute approximate surface area is 157 Å². The van der Waals surface area contributed by atoms with E-state index in [1.807, 2.05) is 50.2 Å². The molecule has 0 fully saturated rings. The van der Waals surface area contributed by atoms with Crippen LogP contribution in [-0.2, 0) is 10.5 Å². The summed E-state index contributed by atoms with van der Waals surface area (Å²) in [7, 11) is 0. The number of ether oxygens (including phenoxy) is 2. The minimum absolute atomic E-state index is 0.0568. The lowest BCUT2D eigenvalue weighted by atomic mass is 10.2. The molecule has 0 unspecified atom stereocenters. The quantitative estimate of drug-likeness (QED) is 0.665. The van der Waals surface area contributed by atoms with Gasteiger partial charge < -0.3 is 14.8 Å². The molecule has 0 aliphatic rings. The van der Waals surface area contributed by atoms with Gasteiger partial charge in [0.25, 0.3) is 0 Å². The maximum absolute atomic E-state index is 12.1. The van der Waals surface area contributed by atoms with E-state index in [4.69, 9.17) is 21.1 Å². The number of amides is 1. The molecule has 0 saturated heterocycles. The first kappa shape index (κ1) is 19.5. The molecule has 0 radical (unpaired) electrons. The van der Waals surface area contributed by atoms with Crippen molar-refractivity contribution in [2.24, 2.45) is 0 Å². The van der Waals surface area contributed by atoms with Crippen LogP contribution < -0.4 is 14.8 Å². The smallest absolute Gasteiger partial charge is 0.234 e. The number of anilines is 1. The third-order valence-electron chi connectivity index (χ3n) is 3.22. The monoisotopic (exact) mass is 379 g/mol. The van der Waals surface area contributed by atoms with Crippen LogP contribution in [0, 0.1) is 0 Å². The lowest BCUT2D eigenvalue weighted by molar-refractivity contribution is -0.113. The van der Waals surface area contributed by atoms with E-state index in [1.54, 1.807) is 17.8 Å². The van der Waals surface area contributed by atoms with Crippen LogP contribution in [0.4, 0.5) is 5.69 Å². The van der Waals surface area contributed by atoms with Gasteiger partial charge in [0.05, 0.1) is 19.0 Å². The van der Waals surface area contributed by atoms with Crippen LogP contribution >= 0.6 is 23.4 Å². The second-order valence-corrected chi connectivity index (χ2v) is 6.62. The van der Waals surface area contributed by atoms with Gasteiger partial charge in [-0.05, 0) is 43.7 Å². The minimum Gasteiger partial charge on any atom is -0.490 e. The molecule has 4 nitrogen and oxygen atoms in total. The van der Waals surface area contributed by atoms with Gasteiger partial charge >= 0.3 is 0 Å². The summed E-state index contributed by atoms with van der Waals surface area (Å²) in [6, 6.07) is 13.1. The van der Waals surface area contributed by atoms with Gasteiger partial charge in [-0.15, -0.1) is 11.8 Å². The molecule has 0 aromatic heterocycles. The van der Waals surface area contributed by atoms with Crippen molar-refractivity contribution >= 4 is 35.0 Å². The number of carbonyl (C=O) groups is 1. The van der Waals surface area contributed by atoms with Crippen molar-refractivity contribution < 1.29 is 14.3 Å². The molecule has 0 heterocycles. The number of halogens is 1. The van der Waals surface area contributed by atoms with Crippen LogP contribution in [0.3, 0.4) is 0 Å². The summed E-state index contributed by atoms with van der Waals surface area (Å²) < 4.78 is 11.1. The van der Waals surface area contributed by atoms with E-state index < -0.39 is 0 Å². The fraction of sp³-hybridized carbons (Fsp3) is 0.316. The van der Waals surface area contributed by atoms with Crippen molar-refractivity contribution in [1.82, 2.24) is 0 Å². The summed E-state index contributed by atoms with van der Waals surface area (Å²) in [4.78, 5) is 12.1. The van der Waals surface area contributed by atoms with Crippen LogP contribution in [-0.4, -0.2) is 24.9 Å². The van der Waals surface area contributed by atoms with Crippen LogP contribution in [0.1, 0.15) is 19.4 Å². The molecule has 1 N–H and O–H groups in total. The first-order chi connectivity index (χ1) is 12.1. The van der Waals surface area contributed by atoms with E-state index in [2.05, 4.69) is 5.32 Å². The van der Waals surface area contributed by atoms with Gasteiger partial charge in [-0.1, -0.05) is 23.7 Å². The van der Waals surface area contributed by atoms with Crippen molar-refractivity contribution in [1.29, 1.82) is 0 Å². The van der Waals surface area contributed by atoms with Crippen molar-refractivity contribution in [3.05, 3.63) is 53.1 Å². The molecule has 0 saturated carbocycles. The Kier molecular flexibility index (Phi) is 7.95. The molecule has 1 amide bonds. The zero-order valence-electron chi connectivity index (χ0n) is 14.4. The predicted octanol–water partition coefficient (Wildman–Crippen LogP) is 5.01. The molecule has 0 atom stereocenters. The molecule has 2 aromatic carbocycles. The summed E-state index contributed by atoms with van der Waals surface area (Å²) in [5.41, 5.74) is 1.80. The number of thioether (sulfide) groups is 1. The lowest BCUT2D eigenvalue weighted by Gasteiger charge is -2.13. The van der Waals surface area contributed by atoms with Crippen LogP contribution in [0.5, 0.6) is 11.5 Å². The second kappa shape index (κ2) is 10.2. The van der Waals surface area contributed by atoms with E-state index in [0.717, 1.165) is 11.3 Å². The topological polar surface area (TPSA) is 47.6 Å². The minimum atomic E-state index is -0.0568. The molecule has 134 valence electrons. The highest BCUT2D eigenvalue weighted by Gasteiger charge is 2.09. The Balaban J connectivity index is 1.88. The number of benzene rings is 2. The first-order valence-electron chi connectivity index (χ1n) is 8.14. The van der Waals surface area contributed by atoms with Gasteiger partial charge in [-0.3, -0.25) is 4.79 Å². The fourth-order valence-corrected chi connectivity index (χ4v) is 3.20. The van der Waals surface area contributed by atoms with Crippen LogP contribution in [0.15, 0.2) is 42.5 Å². The van der Waals surface area contributed by atoms with Crippen molar-refractivity contribution in [3.8, 4) is 11.5 Å². The molecule has 0 bridgehead atoms. The molecular weight excluding hydrogens is 358 g/mol. The maximum Gasteiger partial charge on any atom is 0.234 e. The standard InChI is InChI=1S/C19H22ClNO3S/c1-3-23-17-9-8-16(11-18(17)24-4-2)21-19(22)13-25-12-14-6-5-7-15(20)10-14/h5-11H,3-4,12-13H2,1-2H3,(H,21,22). The van der Waals surface area contributed by atoms with Gasteiger partial charge in [-0.2, -0.15) is 0 Å². The van der Waals surface area contributed by atoms with E-state index in [9.17, 15) is 4.79 Å². The second-order valence-electron chi connectivity index (χ2n) is 5.20. The Morgan fingerprint density at radius 1 is 1.08 bits per heavy atom. The lowest BCUT2D eigenvalue weighted by Crippen LogP contribution is -2.14. The highest BCUT2D eigenvalue weighted by molar-refractivity contribution is 7.99. The third-order valence-corrected chi connectivity index (χ3v) is 4.46.